The summed E-state index contributed by atoms with van der Waals surface area (Å²) in [6.45, 7) is 3.76. The predicted octanol–water partition coefficient (Wildman–Crippen LogP) is 2.41. The topological polar surface area (TPSA) is 54.7 Å². The molecule has 23 heavy (non-hydrogen) atoms. The average molecular weight is 316 g/mol. The highest BCUT2D eigenvalue weighted by molar-refractivity contribution is 5.77. The highest BCUT2D eigenvalue weighted by Gasteiger charge is 2.21. The fourth-order valence-electron chi connectivity index (χ4n) is 3.24. The first-order valence-corrected chi connectivity index (χ1v) is 8.20. The van der Waals surface area contributed by atoms with E-state index >= 15 is 0 Å². The molecule has 124 valence electrons. The molecule has 1 amide bonds. The first-order chi connectivity index (χ1) is 11.2. The normalized spacial score (nSPS) is 19.1. The third kappa shape index (κ3) is 4.33. The number of fused-ring (bicyclic) bond motifs is 1. The lowest BCUT2D eigenvalue weighted by Gasteiger charge is -2.32. The maximum Gasteiger partial charge on any atom is 0.245 e. The predicted molar refractivity (Wildman–Crippen MR) is 89.1 cm³/mol. The zero-order valence-electron chi connectivity index (χ0n) is 13.6. The van der Waals surface area contributed by atoms with Crippen LogP contribution in [0.15, 0.2) is 34.7 Å². The molecule has 1 N–H and O–H groups in total. The van der Waals surface area contributed by atoms with Crippen LogP contribution in [0.1, 0.15) is 18.6 Å². The molecule has 0 bridgehead atoms. The summed E-state index contributed by atoms with van der Waals surface area (Å²) < 4.78 is 10.7. The van der Waals surface area contributed by atoms with E-state index in [-0.39, 0.29) is 12.5 Å². The van der Waals surface area contributed by atoms with E-state index < -0.39 is 0 Å². The van der Waals surface area contributed by atoms with Crippen molar-refractivity contribution in [2.24, 2.45) is 5.92 Å². The largest absolute Gasteiger partial charge is 0.460 e. The molecule has 1 aromatic heterocycles. The Labute approximate surface area is 136 Å². The van der Waals surface area contributed by atoms with Crippen LogP contribution < -0.4 is 5.32 Å². The van der Waals surface area contributed by atoms with Crippen molar-refractivity contribution in [1.82, 2.24) is 10.2 Å². The Morgan fingerprint density at radius 3 is 3.13 bits per heavy atom. The lowest BCUT2D eigenvalue weighted by molar-refractivity contribution is -0.125. The molecule has 2 heterocycles. The van der Waals surface area contributed by atoms with E-state index in [4.69, 9.17) is 9.15 Å². The number of nitrogens with one attached hydrogen (secondary N) is 1. The minimum atomic E-state index is -0.0399. The number of nitrogens with zero attached hydrogens (tertiary/aromatic N) is 1. The second-order valence-corrected chi connectivity index (χ2v) is 6.23. The van der Waals surface area contributed by atoms with Gasteiger partial charge in [0.05, 0.1) is 6.54 Å². The third-order valence-electron chi connectivity index (χ3n) is 4.32. The Bertz CT molecular complexity index is 620. The van der Waals surface area contributed by atoms with E-state index in [9.17, 15) is 4.79 Å². The van der Waals surface area contributed by atoms with E-state index in [1.807, 2.05) is 18.2 Å². The van der Waals surface area contributed by atoms with E-state index in [0.29, 0.717) is 5.92 Å². The van der Waals surface area contributed by atoms with Gasteiger partial charge in [-0.3, -0.25) is 9.69 Å². The summed E-state index contributed by atoms with van der Waals surface area (Å²) >= 11 is 0. The molecule has 0 radical (unpaired) electrons. The molecule has 1 saturated heterocycles. The standard InChI is InChI=1S/C18H24N2O3/c1-22-13-18(21)19-10-14-5-4-8-20(11-14)12-16-9-15-6-2-3-7-17(15)23-16/h2-3,6-7,9,14H,4-5,8,10-13H2,1H3,(H,19,21)/t14-/m1/s1. The summed E-state index contributed by atoms with van der Waals surface area (Å²) in [4.78, 5) is 13.9. The number of furan rings is 1. The van der Waals surface area contributed by atoms with E-state index in [1.54, 1.807) is 0 Å². The molecule has 0 saturated carbocycles. The van der Waals surface area contributed by atoms with Gasteiger partial charge in [0.15, 0.2) is 0 Å². The van der Waals surface area contributed by atoms with Crippen molar-refractivity contribution in [3.63, 3.8) is 0 Å². The number of carbonyl (C=O) groups is 1. The summed E-state index contributed by atoms with van der Waals surface area (Å²) in [5, 5.41) is 4.10. The fraction of sp³-hybridized carbons (Fsp3) is 0.500. The molecule has 0 unspecified atom stereocenters. The van der Waals surface area contributed by atoms with E-state index in [2.05, 4.69) is 22.3 Å². The maximum absolute atomic E-state index is 11.5. The number of hydrogen-bond donors (Lipinski definition) is 1. The van der Waals surface area contributed by atoms with Crippen LogP contribution >= 0.6 is 0 Å². The first-order valence-electron chi connectivity index (χ1n) is 8.20. The molecule has 2 aromatic rings. The monoisotopic (exact) mass is 316 g/mol. The van der Waals surface area contributed by atoms with Crippen LogP contribution in [-0.4, -0.2) is 44.2 Å². The van der Waals surface area contributed by atoms with Gasteiger partial charge in [-0.15, -0.1) is 0 Å². The molecule has 0 aliphatic carbocycles. The molecule has 1 aliphatic heterocycles. The van der Waals surface area contributed by atoms with Gasteiger partial charge >= 0.3 is 0 Å². The van der Waals surface area contributed by atoms with Crippen LogP contribution in [0.4, 0.5) is 0 Å². The SMILES string of the molecule is COCC(=O)NC[C@H]1CCCN(Cc2cc3ccccc3o2)C1. The second-order valence-electron chi connectivity index (χ2n) is 6.23. The molecule has 0 spiro atoms. The number of amides is 1. The second kappa shape index (κ2) is 7.62. The van der Waals surface area contributed by atoms with Crippen LogP contribution in [0, 0.1) is 5.92 Å². The van der Waals surface area contributed by atoms with Crippen molar-refractivity contribution < 1.29 is 13.9 Å². The lowest BCUT2D eigenvalue weighted by Crippen LogP contribution is -2.41. The number of piperidine rings is 1. The number of methoxy groups -OCH3 is 1. The Balaban J connectivity index is 1.53. The van der Waals surface area contributed by atoms with Crippen LogP contribution in [0.5, 0.6) is 0 Å². The number of carbonyl (C=O) groups excluding carboxylic acids is 1. The molecular formula is C18H24N2O3. The quantitative estimate of drug-likeness (QED) is 0.889. The van der Waals surface area contributed by atoms with Gasteiger partial charge < -0.3 is 14.5 Å². The highest BCUT2D eigenvalue weighted by atomic mass is 16.5. The third-order valence-corrected chi connectivity index (χ3v) is 4.32. The van der Waals surface area contributed by atoms with Gasteiger partial charge in [-0.2, -0.15) is 0 Å². The summed E-state index contributed by atoms with van der Waals surface area (Å²) in [5.74, 6) is 1.46. The van der Waals surface area contributed by atoms with Gasteiger partial charge in [0, 0.05) is 25.6 Å². The molecule has 5 nitrogen and oxygen atoms in total. The van der Waals surface area contributed by atoms with Crippen molar-refractivity contribution in [3.05, 3.63) is 36.1 Å². The zero-order valence-corrected chi connectivity index (χ0v) is 13.6. The molecule has 1 aliphatic rings. The Morgan fingerprint density at radius 2 is 2.30 bits per heavy atom. The van der Waals surface area contributed by atoms with Crippen molar-refractivity contribution in [2.75, 3.05) is 33.4 Å². The van der Waals surface area contributed by atoms with Crippen LogP contribution in [0.2, 0.25) is 0 Å². The van der Waals surface area contributed by atoms with Gasteiger partial charge in [-0.1, -0.05) is 18.2 Å². The number of hydrogen-bond acceptors (Lipinski definition) is 4. The summed E-state index contributed by atoms with van der Waals surface area (Å²) in [6.07, 6.45) is 2.31. The van der Waals surface area contributed by atoms with Crippen LogP contribution in [0.25, 0.3) is 11.0 Å². The number of para-hydroxylation sites is 1. The molecule has 5 heteroatoms. The van der Waals surface area contributed by atoms with E-state index in [0.717, 1.165) is 55.8 Å². The van der Waals surface area contributed by atoms with Gasteiger partial charge in [0.25, 0.3) is 0 Å². The zero-order chi connectivity index (χ0) is 16.1. The number of benzene rings is 1. The minimum absolute atomic E-state index is 0.0399. The number of likely N-dealkylation sites (tertiary alicyclic amines) is 1. The molecule has 1 atom stereocenters. The Hall–Kier alpha value is -1.85. The van der Waals surface area contributed by atoms with Crippen molar-refractivity contribution >= 4 is 16.9 Å². The molecule has 1 fully saturated rings. The van der Waals surface area contributed by atoms with Crippen molar-refractivity contribution in [1.29, 1.82) is 0 Å². The number of rotatable bonds is 6. The minimum Gasteiger partial charge on any atom is -0.460 e. The van der Waals surface area contributed by atoms with Gasteiger partial charge in [-0.25, -0.2) is 0 Å². The molecule has 1 aromatic carbocycles. The van der Waals surface area contributed by atoms with Gasteiger partial charge in [0.2, 0.25) is 5.91 Å². The lowest BCUT2D eigenvalue weighted by atomic mass is 9.98. The van der Waals surface area contributed by atoms with Crippen molar-refractivity contribution in [2.45, 2.75) is 19.4 Å². The molecule has 3 rings (SSSR count). The van der Waals surface area contributed by atoms with Gasteiger partial charge in [0.1, 0.15) is 18.0 Å². The molecular weight excluding hydrogens is 292 g/mol. The maximum atomic E-state index is 11.5. The highest BCUT2D eigenvalue weighted by Crippen LogP contribution is 2.22. The van der Waals surface area contributed by atoms with Crippen molar-refractivity contribution in [3.8, 4) is 0 Å². The number of ether oxygens (including phenoxy) is 1. The van der Waals surface area contributed by atoms with Gasteiger partial charge in [-0.05, 0) is 37.4 Å². The first kappa shape index (κ1) is 16.0. The summed E-state index contributed by atoms with van der Waals surface area (Å²) in [5.41, 5.74) is 0.947. The van der Waals surface area contributed by atoms with Crippen LogP contribution in [0.3, 0.4) is 0 Å². The summed E-state index contributed by atoms with van der Waals surface area (Å²) in [7, 11) is 1.54. The van der Waals surface area contributed by atoms with E-state index in [1.165, 1.54) is 7.11 Å². The fourth-order valence-corrected chi connectivity index (χ4v) is 3.24. The van der Waals surface area contributed by atoms with Crippen LogP contribution in [-0.2, 0) is 16.1 Å². The Morgan fingerprint density at radius 1 is 1.43 bits per heavy atom. The smallest absolute Gasteiger partial charge is 0.245 e. The Kier molecular flexibility index (Phi) is 5.31. The summed E-state index contributed by atoms with van der Waals surface area (Å²) in [6, 6.07) is 10.2. The average Bonchev–Trinajstić information content (AvgIpc) is 2.96.